The van der Waals surface area contributed by atoms with E-state index >= 15 is 0 Å². The molecule has 0 atom stereocenters. The highest BCUT2D eigenvalue weighted by atomic mass is 16.5. The molecule has 0 saturated heterocycles. The summed E-state index contributed by atoms with van der Waals surface area (Å²) in [4.78, 5) is 3.93. The number of nitrogen functional groups attached to an aromatic ring is 2. The van der Waals surface area contributed by atoms with Crippen molar-refractivity contribution in [2.24, 2.45) is 0 Å². The molecule has 1 aromatic heterocycles. The van der Waals surface area contributed by atoms with Gasteiger partial charge in [0.05, 0.1) is 0 Å². The fraction of sp³-hybridized carbons (Fsp3) is 0.0625. The summed E-state index contributed by atoms with van der Waals surface area (Å²) in [5.41, 5.74) is 13.0. The van der Waals surface area contributed by atoms with Gasteiger partial charge in [-0.05, 0) is 12.1 Å². The number of hydrogen-bond acceptors (Lipinski definition) is 5. The molecule has 0 unspecified atom stereocenters. The molecular formula is C16H16N4O. The van der Waals surface area contributed by atoms with E-state index in [1.807, 2.05) is 43.4 Å². The van der Waals surface area contributed by atoms with Crippen LogP contribution in [0, 0.1) is 0 Å². The average molecular weight is 280 g/mol. The molecule has 2 aromatic carbocycles. The predicted molar refractivity (Wildman–Crippen MR) is 86.6 cm³/mol. The lowest BCUT2D eigenvalue weighted by Crippen LogP contribution is -2.00. The highest BCUT2D eigenvalue weighted by Crippen LogP contribution is 2.36. The van der Waals surface area contributed by atoms with Gasteiger partial charge in [0.25, 0.3) is 0 Å². The molecule has 0 fully saturated rings. The summed E-state index contributed by atoms with van der Waals surface area (Å²) < 4.78 is 5.93. The third-order valence-corrected chi connectivity index (χ3v) is 3.35. The molecule has 106 valence electrons. The largest absolute Gasteiger partial charge is 0.454 e. The van der Waals surface area contributed by atoms with Gasteiger partial charge in [-0.1, -0.05) is 24.3 Å². The van der Waals surface area contributed by atoms with Crippen molar-refractivity contribution >= 4 is 28.0 Å². The summed E-state index contributed by atoms with van der Waals surface area (Å²) in [6.45, 7) is 0. The van der Waals surface area contributed by atoms with Crippen LogP contribution in [0.4, 0.5) is 17.2 Å². The second kappa shape index (κ2) is 5.20. The van der Waals surface area contributed by atoms with Crippen molar-refractivity contribution in [1.82, 2.24) is 4.98 Å². The maximum Gasteiger partial charge on any atom is 0.155 e. The normalized spacial score (nSPS) is 10.5. The van der Waals surface area contributed by atoms with E-state index < -0.39 is 0 Å². The Morgan fingerprint density at radius 3 is 2.48 bits per heavy atom. The first kappa shape index (κ1) is 13.1. The Kier molecular flexibility index (Phi) is 3.23. The smallest absolute Gasteiger partial charge is 0.155 e. The lowest BCUT2D eigenvalue weighted by atomic mass is 10.1. The van der Waals surface area contributed by atoms with E-state index in [0.717, 1.165) is 22.2 Å². The molecule has 0 saturated carbocycles. The van der Waals surface area contributed by atoms with Crippen LogP contribution in [0.2, 0.25) is 0 Å². The molecule has 3 aromatic rings. The zero-order chi connectivity index (χ0) is 14.8. The highest BCUT2D eigenvalue weighted by Gasteiger charge is 2.10. The van der Waals surface area contributed by atoms with E-state index in [1.54, 1.807) is 12.3 Å². The number of anilines is 3. The fourth-order valence-electron chi connectivity index (χ4n) is 2.26. The lowest BCUT2D eigenvalue weighted by molar-refractivity contribution is 0.490. The number of ether oxygens (including phenoxy) is 1. The molecule has 5 nitrogen and oxygen atoms in total. The average Bonchev–Trinajstić information content (AvgIpc) is 2.52. The lowest BCUT2D eigenvalue weighted by Gasteiger charge is -2.13. The second-order valence-electron chi connectivity index (χ2n) is 4.62. The topological polar surface area (TPSA) is 86.2 Å². The van der Waals surface area contributed by atoms with E-state index in [1.165, 1.54) is 0 Å². The van der Waals surface area contributed by atoms with Gasteiger partial charge in [-0.15, -0.1) is 0 Å². The van der Waals surface area contributed by atoms with Gasteiger partial charge < -0.3 is 21.5 Å². The number of rotatable bonds is 3. The van der Waals surface area contributed by atoms with Crippen LogP contribution in [0.1, 0.15) is 0 Å². The number of hydrogen-bond donors (Lipinski definition) is 3. The predicted octanol–water partition coefficient (Wildman–Crippen LogP) is 3.23. The quantitative estimate of drug-likeness (QED) is 0.685. The molecule has 0 spiro atoms. The van der Waals surface area contributed by atoms with Gasteiger partial charge >= 0.3 is 0 Å². The Morgan fingerprint density at radius 2 is 1.71 bits per heavy atom. The van der Waals surface area contributed by atoms with E-state index in [2.05, 4.69) is 10.3 Å². The van der Waals surface area contributed by atoms with Crippen molar-refractivity contribution in [2.75, 3.05) is 23.8 Å². The summed E-state index contributed by atoms with van der Waals surface area (Å²) in [5.74, 6) is 1.50. The van der Waals surface area contributed by atoms with Crippen molar-refractivity contribution < 1.29 is 4.74 Å². The number of fused-ring (bicyclic) bond motifs is 1. The number of nitrogens with one attached hydrogen (secondary N) is 1. The van der Waals surface area contributed by atoms with Crippen LogP contribution >= 0.6 is 0 Å². The maximum absolute atomic E-state index is 5.93. The van der Waals surface area contributed by atoms with Gasteiger partial charge in [0.15, 0.2) is 5.75 Å². The van der Waals surface area contributed by atoms with E-state index in [-0.39, 0.29) is 5.82 Å². The summed E-state index contributed by atoms with van der Waals surface area (Å²) in [6.07, 6.45) is 1.57. The standard InChI is InChI=1S/C16H16N4O/c1-19-12-6-7-13(11-5-3-2-4-10(11)12)21-14-8-9-20-16(18)15(14)17/h2-9,19H,17H2,1H3,(H2,18,20). The van der Waals surface area contributed by atoms with Gasteiger partial charge in [0.1, 0.15) is 17.3 Å². The molecule has 0 radical (unpaired) electrons. The minimum absolute atomic E-state index is 0.267. The Balaban J connectivity index is 2.11. The van der Waals surface area contributed by atoms with Crippen LogP contribution in [0.25, 0.3) is 10.8 Å². The van der Waals surface area contributed by atoms with Crippen molar-refractivity contribution in [3.63, 3.8) is 0 Å². The first-order valence-corrected chi connectivity index (χ1v) is 6.58. The minimum Gasteiger partial charge on any atom is -0.454 e. The SMILES string of the molecule is CNc1ccc(Oc2ccnc(N)c2N)c2ccccc12. The molecule has 1 heterocycles. The first-order chi connectivity index (χ1) is 10.2. The Bertz CT molecular complexity index is 801. The molecule has 0 amide bonds. The first-order valence-electron chi connectivity index (χ1n) is 6.58. The summed E-state index contributed by atoms with van der Waals surface area (Å²) >= 11 is 0. The number of pyridine rings is 1. The molecule has 0 bridgehead atoms. The molecule has 5 N–H and O–H groups in total. The van der Waals surface area contributed by atoms with Crippen LogP contribution in [0.15, 0.2) is 48.7 Å². The molecule has 0 aliphatic heterocycles. The maximum atomic E-state index is 5.93. The Morgan fingerprint density at radius 1 is 0.952 bits per heavy atom. The van der Waals surface area contributed by atoms with Gasteiger partial charge in [0, 0.05) is 35.8 Å². The van der Waals surface area contributed by atoms with Crippen LogP contribution in [-0.4, -0.2) is 12.0 Å². The summed E-state index contributed by atoms with van der Waals surface area (Å²) in [5, 5.41) is 5.25. The van der Waals surface area contributed by atoms with Crippen LogP contribution in [-0.2, 0) is 0 Å². The van der Waals surface area contributed by atoms with Crippen LogP contribution < -0.4 is 21.5 Å². The van der Waals surface area contributed by atoms with Crippen LogP contribution in [0.3, 0.4) is 0 Å². The van der Waals surface area contributed by atoms with Gasteiger partial charge in [-0.25, -0.2) is 4.98 Å². The van der Waals surface area contributed by atoms with Crippen molar-refractivity contribution in [3.8, 4) is 11.5 Å². The van der Waals surface area contributed by atoms with Crippen molar-refractivity contribution in [2.45, 2.75) is 0 Å². The Labute approximate surface area is 122 Å². The second-order valence-corrected chi connectivity index (χ2v) is 4.62. The fourth-order valence-corrected chi connectivity index (χ4v) is 2.26. The monoisotopic (exact) mass is 280 g/mol. The molecule has 5 heteroatoms. The number of nitrogens with two attached hydrogens (primary N) is 2. The summed E-state index contributed by atoms with van der Waals surface area (Å²) in [7, 11) is 1.89. The molecule has 0 aliphatic carbocycles. The molecule has 0 aliphatic rings. The van der Waals surface area contributed by atoms with Gasteiger partial charge in [-0.3, -0.25) is 0 Å². The Hall–Kier alpha value is -2.95. The van der Waals surface area contributed by atoms with E-state index in [9.17, 15) is 0 Å². The van der Waals surface area contributed by atoms with Crippen LogP contribution in [0.5, 0.6) is 11.5 Å². The van der Waals surface area contributed by atoms with Gasteiger partial charge in [0.2, 0.25) is 0 Å². The van der Waals surface area contributed by atoms with E-state index in [4.69, 9.17) is 16.2 Å². The number of benzene rings is 2. The third kappa shape index (κ3) is 2.29. The number of aromatic nitrogens is 1. The zero-order valence-electron chi connectivity index (χ0n) is 11.6. The molecule has 3 rings (SSSR count). The minimum atomic E-state index is 0.267. The highest BCUT2D eigenvalue weighted by molar-refractivity contribution is 5.98. The van der Waals surface area contributed by atoms with Crippen molar-refractivity contribution in [3.05, 3.63) is 48.7 Å². The number of nitrogens with zero attached hydrogens (tertiary/aromatic N) is 1. The third-order valence-electron chi connectivity index (χ3n) is 3.35. The molecular weight excluding hydrogens is 264 g/mol. The summed E-state index contributed by atoms with van der Waals surface area (Å²) in [6, 6.07) is 13.6. The van der Waals surface area contributed by atoms with Gasteiger partial charge in [-0.2, -0.15) is 0 Å². The van der Waals surface area contributed by atoms with E-state index in [0.29, 0.717) is 11.4 Å². The zero-order valence-corrected chi connectivity index (χ0v) is 11.6. The van der Waals surface area contributed by atoms with Crippen molar-refractivity contribution in [1.29, 1.82) is 0 Å². The molecule has 21 heavy (non-hydrogen) atoms.